The highest BCUT2D eigenvalue weighted by Gasteiger charge is 2.21. The van der Waals surface area contributed by atoms with Gasteiger partial charge in [0, 0.05) is 18.3 Å². The number of benzene rings is 3. The molecule has 168 valence electrons. The lowest BCUT2D eigenvalue weighted by Gasteiger charge is -2.22. The molecule has 4 rings (SSSR count). The van der Waals surface area contributed by atoms with Crippen molar-refractivity contribution in [2.75, 3.05) is 11.4 Å². The third-order valence-electron chi connectivity index (χ3n) is 5.82. The Balaban J connectivity index is 1.53. The monoisotopic (exact) mass is 438 g/mol. The summed E-state index contributed by atoms with van der Waals surface area (Å²) in [6, 6.07) is 25.7. The van der Waals surface area contributed by atoms with Crippen LogP contribution in [-0.4, -0.2) is 18.4 Å². The fraction of sp³-hybridized carbons (Fsp3) is 0.241. The maximum atomic E-state index is 13.3. The molecule has 0 aliphatic heterocycles. The molecule has 3 aromatic carbocycles. The van der Waals surface area contributed by atoms with Crippen LogP contribution < -0.4 is 10.2 Å². The van der Waals surface area contributed by atoms with Crippen LogP contribution in [0.15, 0.2) is 84.9 Å². The highest BCUT2D eigenvalue weighted by atomic mass is 16.2. The molecule has 4 heteroatoms. The Kier molecular flexibility index (Phi) is 7.36. The number of nitrogens with zero attached hydrogens (tertiary/aromatic N) is 1. The van der Waals surface area contributed by atoms with Crippen molar-refractivity contribution in [2.24, 2.45) is 5.92 Å². The summed E-state index contributed by atoms with van der Waals surface area (Å²) in [5.41, 5.74) is 4.89. The molecule has 0 heterocycles. The number of nitrogens with one attached hydrogen (secondary N) is 1. The molecule has 0 spiro atoms. The Hall–Kier alpha value is -3.66. The zero-order valence-corrected chi connectivity index (χ0v) is 19.0. The predicted octanol–water partition coefficient (Wildman–Crippen LogP) is 5.31. The van der Waals surface area contributed by atoms with Gasteiger partial charge in [0.15, 0.2) is 0 Å². The van der Waals surface area contributed by atoms with Gasteiger partial charge in [0.25, 0.3) is 5.91 Å². The van der Waals surface area contributed by atoms with Crippen molar-refractivity contribution in [3.8, 4) is 0 Å². The Morgan fingerprint density at radius 1 is 0.939 bits per heavy atom. The number of aryl methyl sites for hydroxylation is 1. The van der Waals surface area contributed by atoms with E-state index in [-0.39, 0.29) is 11.8 Å². The van der Waals surface area contributed by atoms with Gasteiger partial charge in [0.05, 0.1) is 13.0 Å². The summed E-state index contributed by atoms with van der Waals surface area (Å²) in [5.74, 6) is 0.577. The van der Waals surface area contributed by atoms with Gasteiger partial charge >= 0.3 is 0 Å². The van der Waals surface area contributed by atoms with Crippen LogP contribution in [-0.2, 0) is 22.6 Å². The number of hydrogen-bond donors (Lipinski definition) is 1. The van der Waals surface area contributed by atoms with Gasteiger partial charge in [-0.1, -0.05) is 72.3 Å². The molecular weight excluding hydrogens is 408 g/mol. The number of rotatable bonds is 9. The first-order valence-corrected chi connectivity index (χ1v) is 11.5. The normalized spacial score (nSPS) is 13.1. The van der Waals surface area contributed by atoms with Gasteiger partial charge in [0.1, 0.15) is 0 Å². The van der Waals surface area contributed by atoms with Gasteiger partial charge in [0.2, 0.25) is 5.91 Å². The third kappa shape index (κ3) is 6.91. The van der Waals surface area contributed by atoms with Gasteiger partial charge in [-0.15, -0.1) is 0 Å². The Bertz CT molecular complexity index is 1120. The van der Waals surface area contributed by atoms with Crippen molar-refractivity contribution in [1.82, 2.24) is 5.32 Å². The number of carbonyl (C=O) groups is 2. The quantitative estimate of drug-likeness (QED) is 0.460. The van der Waals surface area contributed by atoms with Crippen LogP contribution in [0.5, 0.6) is 0 Å². The maximum absolute atomic E-state index is 13.3. The second-order valence-electron chi connectivity index (χ2n) is 8.75. The second kappa shape index (κ2) is 10.8. The van der Waals surface area contributed by atoms with Gasteiger partial charge in [-0.25, -0.2) is 0 Å². The SMILES string of the molecule is Cc1ccc(CN(C(=O)/C=C/c2ccccc2)c2cccc(CC(=O)NCC3CC3)c2)cc1. The molecule has 2 amide bonds. The lowest BCUT2D eigenvalue weighted by Crippen LogP contribution is -2.29. The summed E-state index contributed by atoms with van der Waals surface area (Å²) >= 11 is 0. The summed E-state index contributed by atoms with van der Waals surface area (Å²) in [6.07, 6.45) is 6.18. The molecule has 0 aromatic heterocycles. The van der Waals surface area contributed by atoms with Gasteiger partial charge in [-0.2, -0.15) is 0 Å². The van der Waals surface area contributed by atoms with Crippen LogP contribution in [0, 0.1) is 12.8 Å². The van der Waals surface area contributed by atoms with Gasteiger partial charge < -0.3 is 10.2 Å². The van der Waals surface area contributed by atoms with Crippen molar-refractivity contribution in [2.45, 2.75) is 32.7 Å². The van der Waals surface area contributed by atoms with E-state index in [9.17, 15) is 9.59 Å². The number of hydrogen-bond acceptors (Lipinski definition) is 2. The lowest BCUT2D eigenvalue weighted by atomic mass is 10.1. The van der Waals surface area contributed by atoms with Crippen molar-refractivity contribution < 1.29 is 9.59 Å². The summed E-state index contributed by atoms with van der Waals surface area (Å²) in [6.45, 7) is 3.27. The van der Waals surface area contributed by atoms with Crippen LogP contribution in [0.25, 0.3) is 6.08 Å². The standard InChI is InChI=1S/C29H30N2O2/c1-22-10-12-25(13-11-22)21-31(29(33)17-16-23-6-3-2-4-7-23)27-9-5-8-26(18-27)19-28(32)30-20-24-14-15-24/h2-13,16-18,24H,14-15,19-21H2,1H3,(H,30,32)/b17-16+. The fourth-order valence-corrected chi connectivity index (χ4v) is 3.66. The molecule has 0 bridgehead atoms. The van der Waals surface area contributed by atoms with Crippen LogP contribution in [0.1, 0.15) is 35.1 Å². The number of carbonyl (C=O) groups excluding carboxylic acids is 2. The molecule has 1 saturated carbocycles. The summed E-state index contributed by atoms with van der Waals surface area (Å²) < 4.78 is 0. The average Bonchev–Trinajstić information content (AvgIpc) is 3.66. The molecule has 4 nitrogen and oxygen atoms in total. The Morgan fingerprint density at radius 3 is 2.42 bits per heavy atom. The van der Waals surface area contributed by atoms with Crippen LogP contribution in [0.2, 0.25) is 0 Å². The molecule has 1 aliphatic rings. The van der Waals surface area contributed by atoms with Crippen molar-refractivity contribution >= 4 is 23.6 Å². The van der Waals surface area contributed by atoms with E-state index in [1.165, 1.54) is 18.4 Å². The molecule has 1 fully saturated rings. The zero-order valence-electron chi connectivity index (χ0n) is 19.0. The van der Waals surface area contributed by atoms with Crippen LogP contribution in [0.4, 0.5) is 5.69 Å². The first kappa shape index (κ1) is 22.5. The van der Waals surface area contributed by atoms with E-state index in [0.717, 1.165) is 28.9 Å². The molecule has 1 N–H and O–H groups in total. The smallest absolute Gasteiger partial charge is 0.251 e. The summed E-state index contributed by atoms with van der Waals surface area (Å²) in [7, 11) is 0. The van der Waals surface area contributed by atoms with Crippen molar-refractivity contribution in [1.29, 1.82) is 0 Å². The zero-order chi connectivity index (χ0) is 23.0. The molecule has 1 aliphatic carbocycles. The number of anilines is 1. The van der Waals surface area contributed by atoms with E-state index in [1.54, 1.807) is 11.0 Å². The highest BCUT2D eigenvalue weighted by Crippen LogP contribution is 2.27. The largest absolute Gasteiger partial charge is 0.356 e. The van der Waals surface area contributed by atoms with E-state index in [1.807, 2.05) is 79.7 Å². The minimum Gasteiger partial charge on any atom is -0.356 e. The summed E-state index contributed by atoms with van der Waals surface area (Å²) in [4.78, 5) is 27.4. The topological polar surface area (TPSA) is 49.4 Å². The third-order valence-corrected chi connectivity index (χ3v) is 5.82. The molecule has 0 unspecified atom stereocenters. The average molecular weight is 439 g/mol. The minimum absolute atomic E-state index is 0.0273. The first-order chi connectivity index (χ1) is 16.1. The van der Waals surface area contributed by atoms with Gasteiger partial charge in [-0.3, -0.25) is 9.59 Å². The number of amides is 2. The molecule has 0 radical (unpaired) electrons. The molecule has 0 atom stereocenters. The van der Waals surface area contributed by atoms with E-state index in [0.29, 0.717) is 18.9 Å². The van der Waals surface area contributed by atoms with Crippen LogP contribution >= 0.6 is 0 Å². The first-order valence-electron chi connectivity index (χ1n) is 11.5. The lowest BCUT2D eigenvalue weighted by molar-refractivity contribution is -0.120. The van der Waals surface area contributed by atoms with E-state index in [2.05, 4.69) is 17.4 Å². The fourth-order valence-electron chi connectivity index (χ4n) is 3.66. The second-order valence-corrected chi connectivity index (χ2v) is 8.75. The Labute approximate surface area is 195 Å². The Morgan fingerprint density at radius 2 is 1.70 bits per heavy atom. The van der Waals surface area contributed by atoms with E-state index >= 15 is 0 Å². The maximum Gasteiger partial charge on any atom is 0.251 e. The molecule has 33 heavy (non-hydrogen) atoms. The molecule has 3 aromatic rings. The molecular formula is C29H30N2O2. The molecule has 0 saturated heterocycles. The van der Waals surface area contributed by atoms with Crippen LogP contribution in [0.3, 0.4) is 0 Å². The van der Waals surface area contributed by atoms with Crippen molar-refractivity contribution in [3.63, 3.8) is 0 Å². The van der Waals surface area contributed by atoms with Gasteiger partial charge in [-0.05, 0) is 60.6 Å². The van der Waals surface area contributed by atoms with Crippen molar-refractivity contribution in [3.05, 3.63) is 107 Å². The van der Waals surface area contributed by atoms with E-state index in [4.69, 9.17) is 0 Å². The minimum atomic E-state index is -0.102. The predicted molar refractivity (Wildman–Crippen MR) is 134 cm³/mol. The van der Waals surface area contributed by atoms with E-state index < -0.39 is 0 Å². The summed E-state index contributed by atoms with van der Waals surface area (Å²) in [5, 5.41) is 3.02. The highest BCUT2D eigenvalue weighted by molar-refractivity contribution is 6.03.